The SMILES string of the molecule is COc1nc2cc(C(F)(F)F)ccc2c(C)c1C(=O)NCc1cc(F)ccc1O. The van der Waals surface area contributed by atoms with E-state index in [4.69, 9.17) is 4.74 Å². The predicted octanol–water partition coefficient (Wildman–Crippen LogP) is 4.35. The Labute approximate surface area is 162 Å². The summed E-state index contributed by atoms with van der Waals surface area (Å²) in [5, 5.41) is 12.7. The number of carbonyl (C=O) groups is 1. The van der Waals surface area contributed by atoms with Crippen molar-refractivity contribution in [2.24, 2.45) is 0 Å². The van der Waals surface area contributed by atoms with Gasteiger partial charge in [-0.1, -0.05) is 6.07 Å². The number of carbonyl (C=O) groups excluding carboxylic acids is 1. The monoisotopic (exact) mass is 408 g/mol. The van der Waals surface area contributed by atoms with Gasteiger partial charge in [0.15, 0.2) is 0 Å². The van der Waals surface area contributed by atoms with E-state index >= 15 is 0 Å². The summed E-state index contributed by atoms with van der Waals surface area (Å²) in [6.07, 6.45) is -4.53. The maximum absolute atomic E-state index is 13.3. The number of aromatic nitrogens is 1. The largest absolute Gasteiger partial charge is 0.508 e. The molecule has 0 fully saturated rings. The van der Waals surface area contributed by atoms with Gasteiger partial charge < -0.3 is 15.2 Å². The Bertz CT molecular complexity index is 1100. The number of phenols is 1. The number of halogens is 4. The minimum absolute atomic E-state index is 0.0356. The standard InChI is InChI=1S/C20H16F4N2O3/c1-10-14-5-3-12(20(22,23)24)8-15(14)26-19(29-2)17(10)18(28)25-9-11-7-13(21)4-6-16(11)27/h3-8,27H,9H2,1-2H3,(H,25,28). The molecule has 3 rings (SSSR count). The molecular formula is C20H16F4N2O3. The highest BCUT2D eigenvalue weighted by molar-refractivity contribution is 6.02. The number of nitrogens with one attached hydrogen (secondary N) is 1. The first-order chi connectivity index (χ1) is 13.6. The molecule has 0 unspecified atom stereocenters. The minimum Gasteiger partial charge on any atom is -0.508 e. The molecule has 2 N–H and O–H groups in total. The van der Waals surface area contributed by atoms with Crippen LogP contribution < -0.4 is 10.1 Å². The van der Waals surface area contributed by atoms with Crippen LogP contribution in [0.2, 0.25) is 0 Å². The lowest BCUT2D eigenvalue weighted by Gasteiger charge is -2.15. The van der Waals surface area contributed by atoms with Crippen molar-refractivity contribution in [1.29, 1.82) is 0 Å². The van der Waals surface area contributed by atoms with Crippen LogP contribution in [0.25, 0.3) is 10.9 Å². The van der Waals surface area contributed by atoms with Crippen LogP contribution in [0.1, 0.15) is 27.0 Å². The first kappa shape index (κ1) is 20.4. The Morgan fingerprint density at radius 2 is 1.93 bits per heavy atom. The number of rotatable bonds is 4. The molecule has 0 atom stereocenters. The van der Waals surface area contributed by atoms with E-state index in [1.54, 1.807) is 6.92 Å². The number of fused-ring (bicyclic) bond motifs is 1. The fourth-order valence-corrected chi connectivity index (χ4v) is 2.95. The lowest BCUT2D eigenvalue weighted by Crippen LogP contribution is -2.25. The summed E-state index contributed by atoms with van der Waals surface area (Å²) in [5.41, 5.74) is -0.248. The topological polar surface area (TPSA) is 71.5 Å². The number of methoxy groups -OCH3 is 1. The van der Waals surface area contributed by atoms with Crippen molar-refractivity contribution in [2.75, 3.05) is 7.11 Å². The van der Waals surface area contributed by atoms with Crippen molar-refractivity contribution in [3.8, 4) is 11.6 Å². The van der Waals surface area contributed by atoms with Crippen LogP contribution in [0.4, 0.5) is 17.6 Å². The van der Waals surface area contributed by atoms with E-state index in [1.807, 2.05) is 0 Å². The van der Waals surface area contributed by atoms with E-state index in [0.717, 1.165) is 24.3 Å². The Morgan fingerprint density at radius 1 is 1.21 bits per heavy atom. The lowest BCUT2D eigenvalue weighted by atomic mass is 10.0. The molecule has 0 aliphatic carbocycles. The van der Waals surface area contributed by atoms with Crippen LogP contribution >= 0.6 is 0 Å². The number of phenolic OH excluding ortho intramolecular Hbond substituents is 1. The van der Waals surface area contributed by atoms with Crippen molar-refractivity contribution in [3.63, 3.8) is 0 Å². The Hall–Kier alpha value is -3.36. The van der Waals surface area contributed by atoms with E-state index < -0.39 is 23.5 Å². The van der Waals surface area contributed by atoms with Crippen LogP contribution in [0.15, 0.2) is 36.4 Å². The van der Waals surface area contributed by atoms with Gasteiger partial charge in [0.05, 0.1) is 18.2 Å². The number of nitrogens with zero attached hydrogens (tertiary/aromatic N) is 1. The van der Waals surface area contributed by atoms with Gasteiger partial charge >= 0.3 is 6.18 Å². The second-order valence-corrected chi connectivity index (χ2v) is 6.31. The highest BCUT2D eigenvalue weighted by Gasteiger charge is 2.31. The number of ether oxygens (including phenoxy) is 1. The van der Waals surface area contributed by atoms with Crippen LogP contribution in [-0.4, -0.2) is 23.1 Å². The Balaban J connectivity index is 1.98. The highest BCUT2D eigenvalue weighted by atomic mass is 19.4. The number of hydrogen-bond donors (Lipinski definition) is 2. The number of hydrogen-bond acceptors (Lipinski definition) is 4. The summed E-state index contributed by atoms with van der Waals surface area (Å²) in [5.74, 6) is -1.53. The minimum atomic E-state index is -4.53. The molecule has 152 valence electrons. The van der Waals surface area contributed by atoms with E-state index in [9.17, 15) is 27.5 Å². The maximum Gasteiger partial charge on any atom is 0.416 e. The summed E-state index contributed by atoms with van der Waals surface area (Å²) in [4.78, 5) is 16.7. The smallest absolute Gasteiger partial charge is 0.416 e. The van der Waals surface area contributed by atoms with Crippen molar-refractivity contribution in [2.45, 2.75) is 19.6 Å². The molecule has 1 aromatic heterocycles. The van der Waals surface area contributed by atoms with Crippen molar-refractivity contribution in [1.82, 2.24) is 10.3 Å². The number of benzene rings is 2. The molecule has 3 aromatic rings. The lowest BCUT2D eigenvalue weighted by molar-refractivity contribution is -0.137. The van der Waals surface area contributed by atoms with Crippen molar-refractivity contribution < 1.29 is 32.2 Å². The van der Waals surface area contributed by atoms with Gasteiger partial charge in [0.25, 0.3) is 5.91 Å². The van der Waals surface area contributed by atoms with Crippen LogP contribution in [0.3, 0.4) is 0 Å². The average Bonchev–Trinajstić information content (AvgIpc) is 2.67. The molecule has 9 heteroatoms. The van der Waals surface area contributed by atoms with Gasteiger partial charge in [-0.2, -0.15) is 13.2 Å². The van der Waals surface area contributed by atoms with Gasteiger partial charge in [0.1, 0.15) is 17.1 Å². The number of amides is 1. The normalized spacial score (nSPS) is 11.5. The van der Waals surface area contributed by atoms with Crippen LogP contribution in [0, 0.1) is 12.7 Å². The molecule has 0 spiro atoms. The van der Waals surface area contributed by atoms with Crippen molar-refractivity contribution in [3.05, 3.63) is 64.5 Å². The predicted molar refractivity (Wildman–Crippen MR) is 97.3 cm³/mol. The zero-order chi connectivity index (χ0) is 21.3. The third-order valence-electron chi connectivity index (χ3n) is 4.44. The van der Waals surface area contributed by atoms with Gasteiger partial charge in [-0.25, -0.2) is 9.37 Å². The zero-order valence-corrected chi connectivity index (χ0v) is 15.4. The fraction of sp³-hybridized carbons (Fsp3) is 0.200. The van der Waals surface area contributed by atoms with Gasteiger partial charge in [0, 0.05) is 17.5 Å². The number of pyridine rings is 1. The molecule has 1 heterocycles. The van der Waals surface area contributed by atoms with Gasteiger partial charge in [-0.05, 0) is 42.8 Å². The zero-order valence-electron chi connectivity index (χ0n) is 15.4. The van der Waals surface area contributed by atoms with Gasteiger partial charge in [-0.15, -0.1) is 0 Å². The first-order valence-electron chi connectivity index (χ1n) is 8.43. The molecule has 0 bridgehead atoms. The van der Waals surface area contributed by atoms with E-state index in [1.165, 1.54) is 19.2 Å². The van der Waals surface area contributed by atoms with Gasteiger partial charge in [-0.3, -0.25) is 4.79 Å². The fourth-order valence-electron chi connectivity index (χ4n) is 2.95. The first-order valence-corrected chi connectivity index (χ1v) is 8.43. The van der Waals surface area contributed by atoms with E-state index in [0.29, 0.717) is 10.9 Å². The molecule has 0 saturated heterocycles. The van der Waals surface area contributed by atoms with Crippen molar-refractivity contribution >= 4 is 16.8 Å². The van der Waals surface area contributed by atoms with Gasteiger partial charge in [0.2, 0.25) is 5.88 Å². The molecule has 29 heavy (non-hydrogen) atoms. The number of alkyl halides is 3. The summed E-state index contributed by atoms with van der Waals surface area (Å²) < 4.78 is 57.3. The molecule has 0 radical (unpaired) electrons. The quantitative estimate of drug-likeness (QED) is 0.630. The molecule has 1 amide bonds. The summed E-state index contributed by atoms with van der Waals surface area (Å²) in [6, 6.07) is 6.37. The Morgan fingerprint density at radius 3 is 2.59 bits per heavy atom. The second kappa shape index (κ2) is 7.57. The third kappa shape index (κ3) is 4.08. The van der Waals surface area contributed by atoms with E-state index in [2.05, 4.69) is 10.3 Å². The van der Waals surface area contributed by atoms with E-state index in [-0.39, 0.29) is 34.8 Å². The number of aryl methyl sites for hydroxylation is 1. The number of aromatic hydroxyl groups is 1. The highest BCUT2D eigenvalue weighted by Crippen LogP contribution is 2.34. The molecule has 0 aliphatic rings. The molecule has 0 aliphatic heterocycles. The Kier molecular flexibility index (Phi) is 5.32. The maximum atomic E-state index is 13.3. The molecular weight excluding hydrogens is 392 g/mol. The average molecular weight is 408 g/mol. The summed E-state index contributed by atoms with van der Waals surface area (Å²) in [6.45, 7) is 1.39. The molecule has 5 nitrogen and oxygen atoms in total. The second-order valence-electron chi connectivity index (χ2n) is 6.31. The van der Waals surface area contributed by atoms with Crippen LogP contribution in [-0.2, 0) is 12.7 Å². The molecule has 0 saturated carbocycles. The third-order valence-corrected chi connectivity index (χ3v) is 4.44. The molecule has 2 aromatic carbocycles. The van der Waals surface area contributed by atoms with Crippen LogP contribution in [0.5, 0.6) is 11.6 Å². The summed E-state index contributed by atoms with van der Waals surface area (Å²) in [7, 11) is 1.25. The summed E-state index contributed by atoms with van der Waals surface area (Å²) >= 11 is 0.